The molecule has 19 heavy (non-hydrogen) atoms. The molecule has 1 aliphatic heterocycles. The fourth-order valence-corrected chi connectivity index (χ4v) is 1.61. The smallest absolute Gasteiger partial charge is 0.163 e. The first kappa shape index (κ1) is 13.2. The summed E-state index contributed by atoms with van der Waals surface area (Å²) in [6.45, 7) is 0.161. The van der Waals surface area contributed by atoms with E-state index in [-0.39, 0.29) is 13.2 Å². The fourth-order valence-electron chi connectivity index (χ4n) is 1.61. The summed E-state index contributed by atoms with van der Waals surface area (Å²) in [6.07, 6.45) is 1.22. The predicted octanol–water partition coefficient (Wildman–Crippen LogP) is 0.912. The molecule has 0 radical (unpaired) electrons. The second kappa shape index (κ2) is 5.59. The second-order valence-electron chi connectivity index (χ2n) is 4.37. The van der Waals surface area contributed by atoms with Crippen molar-refractivity contribution in [2.24, 2.45) is 4.99 Å². The zero-order valence-corrected chi connectivity index (χ0v) is 10.8. The van der Waals surface area contributed by atoms with Crippen LogP contribution in [0.2, 0.25) is 0 Å². The van der Waals surface area contributed by atoms with E-state index in [0.717, 1.165) is 0 Å². The SMILES string of the molecule is CN(C)/C=N/c1cc2c(cc1C#N)O[C@@H](CO)CO2. The standard InChI is InChI=1S/C13H15N3O3/c1-16(2)8-15-11-4-12-13(3-9(11)5-14)19-10(6-17)7-18-12/h3-4,8,10,17H,6-7H2,1-2H3/b15-8+/t10-/m0/s1. The van der Waals surface area contributed by atoms with Crippen LogP contribution in [0.15, 0.2) is 17.1 Å². The number of aliphatic imine (C=N–C) groups is 1. The van der Waals surface area contributed by atoms with Crippen LogP contribution in [-0.2, 0) is 0 Å². The van der Waals surface area contributed by atoms with Crippen molar-refractivity contribution in [2.75, 3.05) is 27.3 Å². The number of rotatable bonds is 3. The van der Waals surface area contributed by atoms with Crippen molar-refractivity contribution in [3.05, 3.63) is 17.7 Å². The average molecular weight is 261 g/mol. The summed E-state index contributed by atoms with van der Waals surface area (Å²) >= 11 is 0. The van der Waals surface area contributed by atoms with Crippen LogP contribution in [0.3, 0.4) is 0 Å². The lowest BCUT2D eigenvalue weighted by Crippen LogP contribution is -2.32. The van der Waals surface area contributed by atoms with Crippen LogP contribution in [0.25, 0.3) is 0 Å². The highest BCUT2D eigenvalue weighted by molar-refractivity contribution is 5.68. The maximum atomic E-state index is 9.13. The Hall–Kier alpha value is -2.26. The first-order valence-electron chi connectivity index (χ1n) is 5.83. The monoisotopic (exact) mass is 261 g/mol. The van der Waals surface area contributed by atoms with Gasteiger partial charge < -0.3 is 19.5 Å². The molecule has 0 fully saturated rings. The number of aliphatic hydroxyl groups excluding tert-OH is 1. The summed E-state index contributed by atoms with van der Waals surface area (Å²) in [7, 11) is 3.69. The molecule has 0 aliphatic carbocycles. The molecule has 0 saturated heterocycles. The van der Waals surface area contributed by atoms with Gasteiger partial charge in [0.15, 0.2) is 17.6 Å². The Balaban J connectivity index is 2.35. The number of hydrogen-bond acceptors (Lipinski definition) is 5. The Kier molecular flexibility index (Phi) is 3.88. The van der Waals surface area contributed by atoms with Crippen molar-refractivity contribution < 1.29 is 14.6 Å². The number of fused-ring (bicyclic) bond motifs is 1. The first-order valence-corrected chi connectivity index (χ1v) is 5.83. The third kappa shape index (κ3) is 2.95. The number of nitriles is 1. The van der Waals surface area contributed by atoms with Gasteiger partial charge in [0.25, 0.3) is 0 Å². The summed E-state index contributed by atoms with van der Waals surface area (Å²) in [6, 6.07) is 5.32. The molecule has 1 N–H and O–H groups in total. The maximum absolute atomic E-state index is 9.13. The minimum absolute atomic E-state index is 0.123. The van der Waals surface area contributed by atoms with Crippen LogP contribution >= 0.6 is 0 Å². The van der Waals surface area contributed by atoms with Crippen LogP contribution in [0.4, 0.5) is 5.69 Å². The summed E-state index contributed by atoms with van der Waals surface area (Å²) in [5.74, 6) is 1.00. The summed E-state index contributed by atoms with van der Waals surface area (Å²) < 4.78 is 11.0. The molecule has 2 rings (SSSR count). The van der Waals surface area contributed by atoms with Crippen LogP contribution in [0, 0.1) is 11.3 Å². The fraction of sp³-hybridized carbons (Fsp3) is 0.385. The van der Waals surface area contributed by atoms with E-state index in [2.05, 4.69) is 11.1 Å². The lowest BCUT2D eigenvalue weighted by atomic mass is 10.1. The van der Waals surface area contributed by atoms with Gasteiger partial charge in [-0.3, -0.25) is 0 Å². The van der Waals surface area contributed by atoms with Gasteiger partial charge in [-0.1, -0.05) is 0 Å². The Morgan fingerprint density at radius 1 is 1.53 bits per heavy atom. The van der Waals surface area contributed by atoms with Crippen molar-refractivity contribution in [1.82, 2.24) is 4.90 Å². The molecular formula is C13H15N3O3. The number of nitrogens with zero attached hydrogens (tertiary/aromatic N) is 3. The highest BCUT2D eigenvalue weighted by Gasteiger charge is 2.22. The Morgan fingerprint density at radius 3 is 2.95 bits per heavy atom. The lowest BCUT2D eigenvalue weighted by Gasteiger charge is -2.25. The van der Waals surface area contributed by atoms with Gasteiger partial charge in [-0.2, -0.15) is 5.26 Å². The van der Waals surface area contributed by atoms with Gasteiger partial charge in [0.2, 0.25) is 0 Å². The number of aliphatic hydroxyl groups is 1. The van der Waals surface area contributed by atoms with Gasteiger partial charge in [0.1, 0.15) is 12.7 Å². The molecule has 1 heterocycles. The van der Waals surface area contributed by atoms with Crippen molar-refractivity contribution in [2.45, 2.75) is 6.10 Å². The minimum atomic E-state index is -0.393. The minimum Gasteiger partial charge on any atom is -0.486 e. The van der Waals surface area contributed by atoms with Crippen molar-refractivity contribution in [3.63, 3.8) is 0 Å². The molecule has 1 aliphatic rings. The van der Waals surface area contributed by atoms with E-state index < -0.39 is 6.10 Å². The van der Waals surface area contributed by atoms with E-state index >= 15 is 0 Å². The van der Waals surface area contributed by atoms with Gasteiger partial charge in [0.05, 0.1) is 24.2 Å². The Labute approximate surface area is 111 Å². The Bertz CT molecular complexity index is 535. The molecule has 0 amide bonds. The molecule has 0 bridgehead atoms. The number of benzene rings is 1. The summed E-state index contributed by atoms with van der Waals surface area (Å²) in [4.78, 5) is 5.99. The van der Waals surface area contributed by atoms with Crippen molar-refractivity contribution in [3.8, 4) is 17.6 Å². The molecule has 1 atom stereocenters. The summed E-state index contributed by atoms with van der Waals surface area (Å²) in [5, 5.41) is 18.2. The maximum Gasteiger partial charge on any atom is 0.163 e. The van der Waals surface area contributed by atoms with Gasteiger partial charge in [-0.05, 0) is 0 Å². The van der Waals surface area contributed by atoms with Crippen LogP contribution in [0.5, 0.6) is 11.5 Å². The van der Waals surface area contributed by atoms with E-state index in [1.54, 1.807) is 23.4 Å². The molecule has 0 unspecified atom stereocenters. The van der Waals surface area contributed by atoms with E-state index in [1.807, 2.05) is 14.1 Å². The van der Waals surface area contributed by atoms with Crippen molar-refractivity contribution >= 4 is 12.0 Å². The summed E-state index contributed by atoms with van der Waals surface area (Å²) in [5.41, 5.74) is 0.931. The highest BCUT2D eigenvalue weighted by Crippen LogP contribution is 2.37. The zero-order valence-electron chi connectivity index (χ0n) is 10.8. The van der Waals surface area contributed by atoms with Gasteiger partial charge >= 0.3 is 0 Å². The van der Waals surface area contributed by atoms with Gasteiger partial charge in [-0.25, -0.2) is 4.99 Å². The first-order chi connectivity index (χ1) is 9.13. The van der Waals surface area contributed by atoms with Crippen molar-refractivity contribution in [1.29, 1.82) is 5.26 Å². The van der Waals surface area contributed by atoms with E-state index in [9.17, 15) is 0 Å². The average Bonchev–Trinajstić information content (AvgIpc) is 2.43. The normalized spacial score (nSPS) is 17.3. The van der Waals surface area contributed by atoms with E-state index in [4.69, 9.17) is 19.8 Å². The molecular weight excluding hydrogens is 246 g/mol. The van der Waals surface area contributed by atoms with E-state index in [0.29, 0.717) is 22.7 Å². The molecule has 100 valence electrons. The van der Waals surface area contributed by atoms with E-state index in [1.165, 1.54) is 0 Å². The second-order valence-corrected chi connectivity index (χ2v) is 4.37. The van der Waals surface area contributed by atoms with Gasteiger partial charge in [0, 0.05) is 26.2 Å². The largest absolute Gasteiger partial charge is 0.486 e. The third-order valence-corrected chi connectivity index (χ3v) is 2.53. The molecule has 6 heteroatoms. The molecule has 1 aromatic rings. The Morgan fingerprint density at radius 2 is 2.32 bits per heavy atom. The molecule has 6 nitrogen and oxygen atoms in total. The van der Waals surface area contributed by atoms with Crippen LogP contribution < -0.4 is 9.47 Å². The molecule has 0 spiro atoms. The predicted molar refractivity (Wildman–Crippen MR) is 70.0 cm³/mol. The number of hydrogen-bond donors (Lipinski definition) is 1. The van der Waals surface area contributed by atoms with Crippen LogP contribution in [-0.4, -0.2) is 49.8 Å². The lowest BCUT2D eigenvalue weighted by molar-refractivity contribution is 0.0457. The third-order valence-electron chi connectivity index (χ3n) is 2.53. The number of ether oxygens (including phenoxy) is 2. The topological polar surface area (TPSA) is 78.1 Å². The van der Waals surface area contributed by atoms with Gasteiger partial charge in [-0.15, -0.1) is 0 Å². The zero-order chi connectivity index (χ0) is 13.8. The quantitative estimate of drug-likeness (QED) is 0.646. The molecule has 0 aromatic heterocycles. The highest BCUT2D eigenvalue weighted by atomic mass is 16.6. The molecule has 1 aromatic carbocycles. The van der Waals surface area contributed by atoms with Crippen LogP contribution in [0.1, 0.15) is 5.56 Å². The molecule has 0 saturated carbocycles.